The van der Waals surface area contributed by atoms with Crippen molar-refractivity contribution < 1.29 is 9.90 Å². The van der Waals surface area contributed by atoms with E-state index in [0.29, 0.717) is 31.6 Å². The number of carbonyl (C=O) groups is 1. The summed E-state index contributed by atoms with van der Waals surface area (Å²) >= 11 is 0. The Kier molecular flexibility index (Phi) is 7.60. The molecule has 0 saturated heterocycles. The molecular weight excluding hydrogens is 346 g/mol. The third-order valence-corrected chi connectivity index (χ3v) is 3.87. The van der Waals surface area contributed by atoms with Crippen LogP contribution in [0.1, 0.15) is 29.5 Å². The van der Waals surface area contributed by atoms with Gasteiger partial charge in [0.05, 0.1) is 6.54 Å². The van der Waals surface area contributed by atoms with E-state index in [0.717, 1.165) is 18.3 Å². The number of nitrogens with zero attached hydrogens (tertiary/aromatic N) is 5. The Hall–Kier alpha value is -3.10. The van der Waals surface area contributed by atoms with Gasteiger partial charge in [-0.25, -0.2) is 4.98 Å². The van der Waals surface area contributed by atoms with E-state index >= 15 is 0 Å². The van der Waals surface area contributed by atoms with Gasteiger partial charge < -0.3 is 20.6 Å². The fourth-order valence-corrected chi connectivity index (χ4v) is 2.44. The van der Waals surface area contributed by atoms with Crippen LogP contribution < -0.4 is 10.6 Å². The summed E-state index contributed by atoms with van der Waals surface area (Å²) in [6.07, 6.45) is 2.24. The van der Waals surface area contributed by atoms with Gasteiger partial charge in [-0.2, -0.15) is 5.10 Å². The van der Waals surface area contributed by atoms with Crippen LogP contribution in [0.2, 0.25) is 0 Å². The SMILES string of the molecule is CCNC(=NCCCNC(=O)c1cccc(O)c1)N(C)Cc1ncnn1C. The van der Waals surface area contributed by atoms with Gasteiger partial charge in [0.25, 0.3) is 5.91 Å². The van der Waals surface area contributed by atoms with E-state index < -0.39 is 0 Å². The Bertz CT molecular complexity index is 773. The Morgan fingerprint density at radius 1 is 1.37 bits per heavy atom. The molecule has 0 aliphatic rings. The number of rotatable bonds is 8. The monoisotopic (exact) mass is 373 g/mol. The minimum absolute atomic E-state index is 0.0773. The van der Waals surface area contributed by atoms with E-state index in [2.05, 4.69) is 25.7 Å². The summed E-state index contributed by atoms with van der Waals surface area (Å²) in [6.45, 7) is 4.45. The summed E-state index contributed by atoms with van der Waals surface area (Å²) < 4.78 is 1.73. The molecule has 0 unspecified atom stereocenters. The molecule has 0 saturated carbocycles. The van der Waals surface area contributed by atoms with Crippen molar-refractivity contribution >= 4 is 11.9 Å². The number of aryl methyl sites for hydroxylation is 1. The van der Waals surface area contributed by atoms with Gasteiger partial charge in [-0.15, -0.1) is 0 Å². The Morgan fingerprint density at radius 2 is 2.19 bits per heavy atom. The van der Waals surface area contributed by atoms with Crippen LogP contribution in [0.4, 0.5) is 0 Å². The predicted molar refractivity (Wildman–Crippen MR) is 104 cm³/mol. The Morgan fingerprint density at radius 3 is 2.85 bits per heavy atom. The summed E-state index contributed by atoms with van der Waals surface area (Å²) in [7, 11) is 3.80. The van der Waals surface area contributed by atoms with Gasteiger partial charge >= 0.3 is 0 Å². The maximum atomic E-state index is 12.0. The highest BCUT2D eigenvalue weighted by Crippen LogP contribution is 2.10. The summed E-state index contributed by atoms with van der Waals surface area (Å²) in [5, 5.41) is 19.6. The van der Waals surface area contributed by atoms with Gasteiger partial charge in [0.1, 0.15) is 17.9 Å². The fraction of sp³-hybridized carbons (Fsp3) is 0.444. The number of aliphatic imine (C=N–C) groups is 1. The third-order valence-electron chi connectivity index (χ3n) is 3.87. The topological polar surface area (TPSA) is 108 Å². The highest BCUT2D eigenvalue weighted by atomic mass is 16.3. The van der Waals surface area contributed by atoms with Crippen molar-refractivity contribution in [2.45, 2.75) is 19.9 Å². The summed E-state index contributed by atoms with van der Waals surface area (Å²) in [5.74, 6) is 1.50. The van der Waals surface area contributed by atoms with Gasteiger partial charge in [0.2, 0.25) is 0 Å². The maximum absolute atomic E-state index is 12.0. The number of aromatic nitrogens is 3. The standard InChI is InChI=1S/C18H27N7O2/c1-4-19-18(24(2)12-16-22-13-23-25(16)3)21-10-6-9-20-17(27)14-7-5-8-15(26)11-14/h5,7-8,11,13,26H,4,6,9-10,12H2,1-3H3,(H,19,21)(H,20,27). The molecule has 9 nitrogen and oxygen atoms in total. The molecular formula is C18H27N7O2. The van der Waals surface area contributed by atoms with Gasteiger partial charge in [0, 0.05) is 39.3 Å². The molecule has 0 aliphatic heterocycles. The number of aromatic hydroxyl groups is 1. The van der Waals surface area contributed by atoms with E-state index in [1.807, 2.05) is 25.9 Å². The lowest BCUT2D eigenvalue weighted by atomic mass is 10.2. The first-order valence-corrected chi connectivity index (χ1v) is 8.90. The summed E-state index contributed by atoms with van der Waals surface area (Å²) in [4.78, 5) is 22.8. The summed E-state index contributed by atoms with van der Waals surface area (Å²) in [6, 6.07) is 6.28. The van der Waals surface area contributed by atoms with Crippen molar-refractivity contribution in [1.82, 2.24) is 30.3 Å². The summed E-state index contributed by atoms with van der Waals surface area (Å²) in [5.41, 5.74) is 0.440. The second kappa shape index (κ2) is 10.1. The van der Waals surface area contributed by atoms with Crippen LogP contribution in [0, 0.1) is 0 Å². The maximum Gasteiger partial charge on any atom is 0.251 e. The number of phenolic OH excluding ortho intramolecular Hbond substituents is 1. The van der Waals surface area contributed by atoms with E-state index in [4.69, 9.17) is 0 Å². The molecule has 1 amide bonds. The molecule has 9 heteroatoms. The molecule has 0 radical (unpaired) electrons. The number of amides is 1. The zero-order valence-corrected chi connectivity index (χ0v) is 16.0. The molecule has 0 atom stereocenters. The number of benzene rings is 1. The van der Waals surface area contributed by atoms with Gasteiger partial charge in [-0.05, 0) is 31.5 Å². The van der Waals surface area contributed by atoms with Crippen molar-refractivity contribution in [1.29, 1.82) is 0 Å². The fourth-order valence-electron chi connectivity index (χ4n) is 2.44. The van der Waals surface area contributed by atoms with Crippen LogP contribution in [0.3, 0.4) is 0 Å². The van der Waals surface area contributed by atoms with Gasteiger partial charge in [0.15, 0.2) is 5.96 Å². The van der Waals surface area contributed by atoms with Crippen LogP contribution >= 0.6 is 0 Å². The smallest absolute Gasteiger partial charge is 0.251 e. The number of nitrogens with one attached hydrogen (secondary N) is 2. The van der Waals surface area contributed by atoms with Crippen molar-refractivity contribution in [3.63, 3.8) is 0 Å². The highest BCUT2D eigenvalue weighted by molar-refractivity contribution is 5.94. The van der Waals surface area contributed by atoms with Crippen molar-refractivity contribution in [2.24, 2.45) is 12.0 Å². The lowest BCUT2D eigenvalue weighted by Crippen LogP contribution is -2.39. The zero-order valence-electron chi connectivity index (χ0n) is 16.0. The molecule has 2 rings (SSSR count). The number of hydrogen-bond acceptors (Lipinski definition) is 5. The average molecular weight is 373 g/mol. The number of phenols is 1. The van der Waals surface area contributed by atoms with Crippen LogP contribution in [-0.4, -0.2) is 63.3 Å². The minimum Gasteiger partial charge on any atom is -0.508 e. The number of carbonyl (C=O) groups excluding carboxylic acids is 1. The molecule has 27 heavy (non-hydrogen) atoms. The van der Waals surface area contributed by atoms with E-state index in [-0.39, 0.29) is 11.7 Å². The van der Waals surface area contributed by atoms with Crippen LogP contribution in [0.25, 0.3) is 0 Å². The first-order chi connectivity index (χ1) is 13.0. The molecule has 3 N–H and O–H groups in total. The second-order valence-corrected chi connectivity index (χ2v) is 6.05. The Balaban J connectivity index is 1.80. The lowest BCUT2D eigenvalue weighted by molar-refractivity contribution is 0.0953. The largest absolute Gasteiger partial charge is 0.508 e. The normalized spacial score (nSPS) is 11.3. The molecule has 2 aromatic rings. The molecule has 1 heterocycles. The Labute approximate surface area is 159 Å². The molecule has 0 bridgehead atoms. The average Bonchev–Trinajstić information content (AvgIpc) is 3.05. The second-order valence-electron chi connectivity index (χ2n) is 6.05. The quantitative estimate of drug-likeness (QED) is 0.358. The van der Waals surface area contributed by atoms with Crippen LogP contribution in [0.15, 0.2) is 35.6 Å². The van der Waals surface area contributed by atoms with Gasteiger partial charge in [-0.1, -0.05) is 6.07 Å². The van der Waals surface area contributed by atoms with Gasteiger partial charge in [-0.3, -0.25) is 14.5 Å². The lowest BCUT2D eigenvalue weighted by Gasteiger charge is -2.21. The van der Waals surface area contributed by atoms with Crippen LogP contribution in [0.5, 0.6) is 5.75 Å². The third kappa shape index (κ3) is 6.28. The predicted octanol–water partition coefficient (Wildman–Crippen LogP) is 0.738. The molecule has 0 spiro atoms. The highest BCUT2D eigenvalue weighted by Gasteiger charge is 2.10. The molecule has 0 fully saturated rings. The van der Waals surface area contributed by atoms with E-state index in [9.17, 15) is 9.90 Å². The van der Waals surface area contributed by atoms with Crippen molar-refractivity contribution in [2.75, 3.05) is 26.7 Å². The number of guanidine groups is 1. The molecule has 1 aromatic carbocycles. The van der Waals surface area contributed by atoms with Crippen molar-refractivity contribution in [3.8, 4) is 5.75 Å². The van der Waals surface area contributed by atoms with E-state index in [1.54, 1.807) is 16.8 Å². The minimum atomic E-state index is -0.207. The zero-order chi connectivity index (χ0) is 19.6. The first kappa shape index (κ1) is 20.2. The molecule has 1 aromatic heterocycles. The number of hydrogen-bond donors (Lipinski definition) is 3. The van der Waals surface area contributed by atoms with Crippen LogP contribution in [-0.2, 0) is 13.6 Å². The first-order valence-electron chi connectivity index (χ1n) is 8.90. The van der Waals surface area contributed by atoms with Crippen molar-refractivity contribution in [3.05, 3.63) is 42.0 Å². The molecule has 0 aliphatic carbocycles. The van der Waals surface area contributed by atoms with E-state index in [1.165, 1.54) is 18.5 Å². The molecule has 146 valence electrons.